The van der Waals surface area contributed by atoms with Gasteiger partial charge in [-0.2, -0.15) is 0 Å². The molecule has 3 aromatic rings. The average Bonchev–Trinajstić information content (AvgIpc) is 2.64. The number of aryl methyl sites for hydroxylation is 2. The molecule has 0 fully saturated rings. The smallest absolute Gasteiger partial charge is 0.00227 e. The van der Waals surface area contributed by atoms with Gasteiger partial charge >= 0.3 is 0 Å². The third-order valence-corrected chi connectivity index (χ3v) is 5.98. The average molecular weight is 399 g/mol. The molecule has 0 amide bonds. The third-order valence-electron chi connectivity index (χ3n) is 5.98. The van der Waals surface area contributed by atoms with Gasteiger partial charge in [0.15, 0.2) is 0 Å². The maximum absolute atomic E-state index is 2.50. The van der Waals surface area contributed by atoms with E-state index < -0.39 is 0 Å². The molecule has 0 N–H and O–H groups in total. The summed E-state index contributed by atoms with van der Waals surface area (Å²) < 4.78 is 0. The number of hydrogen-bond donors (Lipinski definition) is 0. The minimum absolute atomic E-state index is 0.110. The summed E-state index contributed by atoms with van der Waals surface area (Å²) >= 11 is 0. The van der Waals surface area contributed by atoms with Gasteiger partial charge in [-0.25, -0.2) is 0 Å². The molecule has 3 aromatic carbocycles. The van der Waals surface area contributed by atoms with Gasteiger partial charge in [-0.3, -0.25) is 0 Å². The van der Waals surface area contributed by atoms with Crippen LogP contribution < -0.4 is 0 Å². The van der Waals surface area contributed by atoms with Crippen molar-refractivity contribution in [2.45, 2.75) is 79.1 Å². The molecular formula is C30H38. The van der Waals surface area contributed by atoms with Gasteiger partial charge < -0.3 is 0 Å². The third kappa shape index (κ3) is 5.42. The van der Waals surface area contributed by atoms with Gasteiger partial charge in [0, 0.05) is 0 Å². The number of benzene rings is 3. The van der Waals surface area contributed by atoms with Crippen LogP contribution in [0.2, 0.25) is 0 Å². The van der Waals surface area contributed by atoms with E-state index in [4.69, 9.17) is 0 Å². The molecule has 30 heavy (non-hydrogen) atoms. The second kappa shape index (κ2) is 8.42. The van der Waals surface area contributed by atoms with Gasteiger partial charge in [-0.15, -0.1) is 0 Å². The van der Waals surface area contributed by atoms with E-state index in [0.29, 0.717) is 0 Å². The van der Waals surface area contributed by atoms with Crippen molar-refractivity contribution in [1.29, 1.82) is 0 Å². The predicted octanol–water partition coefficient (Wildman–Crippen LogP) is 8.08. The van der Waals surface area contributed by atoms with Gasteiger partial charge in [-0.05, 0) is 70.9 Å². The minimum Gasteiger partial charge on any atom is -0.0590 e. The van der Waals surface area contributed by atoms with E-state index in [1.807, 2.05) is 0 Å². The largest absolute Gasteiger partial charge is 0.0590 e. The predicted molar refractivity (Wildman–Crippen MR) is 132 cm³/mol. The van der Waals surface area contributed by atoms with Gasteiger partial charge in [0.25, 0.3) is 0 Å². The van der Waals surface area contributed by atoms with E-state index in [9.17, 15) is 0 Å². The summed E-state index contributed by atoms with van der Waals surface area (Å²) in [6, 6.07) is 23.0. The summed E-state index contributed by atoms with van der Waals surface area (Å²) in [6.45, 7) is 18.4. The highest BCUT2D eigenvalue weighted by atomic mass is 14.3. The summed E-state index contributed by atoms with van der Waals surface area (Å²) in [5.41, 5.74) is 11.5. The first kappa shape index (κ1) is 22.3. The Balaban J connectivity index is 2.12. The van der Waals surface area contributed by atoms with Gasteiger partial charge in [-0.1, -0.05) is 113 Å². The first-order valence-corrected chi connectivity index (χ1v) is 11.2. The van der Waals surface area contributed by atoms with Gasteiger partial charge in [0.05, 0.1) is 0 Å². The molecule has 3 rings (SSSR count). The molecule has 0 bridgehead atoms. The molecule has 0 aliphatic carbocycles. The fourth-order valence-corrected chi connectivity index (χ4v) is 4.23. The lowest BCUT2D eigenvalue weighted by Gasteiger charge is -2.30. The van der Waals surface area contributed by atoms with Crippen molar-refractivity contribution in [2.24, 2.45) is 0 Å². The van der Waals surface area contributed by atoms with Crippen molar-refractivity contribution in [3.8, 4) is 0 Å². The molecule has 0 unspecified atom stereocenters. The first-order chi connectivity index (χ1) is 13.9. The highest BCUT2D eigenvalue weighted by Crippen LogP contribution is 2.36. The zero-order valence-electron chi connectivity index (χ0n) is 20.2. The highest BCUT2D eigenvalue weighted by Gasteiger charge is 2.25. The van der Waals surface area contributed by atoms with Crippen molar-refractivity contribution >= 4 is 0 Å². The standard InChI is InChI=1S/C30H38/c1-21-9-13-23(14-10-21)17-25-19-28(30(6,7)8)26(20-27(25)29(3,4)5)18-24-15-11-22(2)12-16-24/h9-16,19-20H,17-18H2,1-8H3. The quantitative estimate of drug-likeness (QED) is 0.416. The summed E-state index contributed by atoms with van der Waals surface area (Å²) in [6.07, 6.45) is 1.97. The molecule has 0 spiro atoms. The number of rotatable bonds is 4. The lowest BCUT2D eigenvalue weighted by Crippen LogP contribution is -2.20. The van der Waals surface area contributed by atoms with Crippen LogP contribution in [0.15, 0.2) is 60.7 Å². The van der Waals surface area contributed by atoms with E-state index in [-0.39, 0.29) is 10.8 Å². The first-order valence-electron chi connectivity index (χ1n) is 11.2. The summed E-state index contributed by atoms with van der Waals surface area (Å²) in [7, 11) is 0. The van der Waals surface area contributed by atoms with E-state index in [0.717, 1.165) is 12.8 Å². The van der Waals surface area contributed by atoms with Gasteiger partial charge in [0.2, 0.25) is 0 Å². The molecule has 158 valence electrons. The highest BCUT2D eigenvalue weighted by molar-refractivity contribution is 5.48. The lowest BCUT2D eigenvalue weighted by atomic mass is 9.75. The Morgan fingerprint density at radius 3 is 1.07 bits per heavy atom. The van der Waals surface area contributed by atoms with E-state index in [1.165, 1.54) is 44.5 Å². The summed E-state index contributed by atoms with van der Waals surface area (Å²) in [5.74, 6) is 0. The van der Waals surface area contributed by atoms with Crippen molar-refractivity contribution in [3.63, 3.8) is 0 Å². The molecule has 0 nitrogen and oxygen atoms in total. The van der Waals surface area contributed by atoms with Crippen molar-refractivity contribution < 1.29 is 0 Å². The molecule has 0 radical (unpaired) electrons. The summed E-state index contributed by atoms with van der Waals surface area (Å²) in [5, 5.41) is 0. The minimum atomic E-state index is 0.110. The zero-order valence-corrected chi connectivity index (χ0v) is 20.2. The van der Waals surface area contributed by atoms with Crippen LogP contribution >= 0.6 is 0 Å². The van der Waals surface area contributed by atoms with Crippen molar-refractivity contribution in [2.75, 3.05) is 0 Å². The Labute approximate surface area is 184 Å². The lowest BCUT2D eigenvalue weighted by molar-refractivity contribution is 0.566. The number of hydrogen-bond acceptors (Lipinski definition) is 0. The Bertz CT molecular complexity index is 903. The maximum atomic E-state index is 2.50. The van der Waals surface area contributed by atoms with E-state index in [2.05, 4.69) is 116 Å². The van der Waals surface area contributed by atoms with Crippen LogP contribution in [0.25, 0.3) is 0 Å². The van der Waals surface area contributed by atoms with Crippen LogP contribution in [0.4, 0.5) is 0 Å². The molecule has 0 aliphatic heterocycles. The van der Waals surface area contributed by atoms with Crippen LogP contribution in [0.1, 0.15) is 86.1 Å². The molecule has 0 saturated heterocycles. The molecule has 0 heterocycles. The fourth-order valence-electron chi connectivity index (χ4n) is 4.23. The fraction of sp³-hybridized carbons (Fsp3) is 0.400. The Hall–Kier alpha value is -2.34. The topological polar surface area (TPSA) is 0 Å². The Morgan fingerprint density at radius 1 is 0.500 bits per heavy atom. The van der Waals surface area contributed by atoms with E-state index in [1.54, 1.807) is 0 Å². The maximum Gasteiger partial charge on any atom is -0.00227 e. The van der Waals surface area contributed by atoms with Crippen LogP contribution in [-0.4, -0.2) is 0 Å². The molecule has 0 aromatic heterocycles. The van der Waals surface area contributed by atoms with Crippen molar-refractivity contribution in [3.05, 3.63) is 105 Å². The molecular weight excluding hydrogens is 360 g/mol. The van der Waals surface area contributed by atoms with Crippen LogP contribution in [0, 0.1) is 13.8 Å². The zero-order chi connectivity index (χ0) is 22.1. The monoisotopic (exact) mass is 398 g/mol. The van der Waals surface area contributed by atoms with Crippen LogP contribution in [0.5, 0.6) is 0 Å². The van der Waals surface area contributed by atoms with Gasteiger partial charge in [0.1, 0.15) is 0 Å². The second-order valence-electron chi connectivity index (χ2n) is 11.0. The Kier molecular flexibility index (Phi) is 6.27. The van der Waals surface area contributed by atoms with Crippen LogP contribution in [0.3, 0.4) is 0 Å². The van der Waals surface area contributed by atoms with Crippen LogP contribution in [-0.2, 0) is 23.7 Å². The molecule has 0 aliphatic rings. The summed E-state index contributed by atoms with van der Waals surface area (Å²) in [4.78, 5) is 0. The molecule has 0 atom stereocenters. The Morgan fingerprint density at radius 2 is 0.800 bits per heavy atom. The SMILES string of the molecule is Cc1ccc(Cc2cc(C(C)(C)C)c(Cc3ccc(C)cc3)cc2C(C)(C)C)cc1. The van der Waals surface area contributed by atoms with Crippen molar-refractivity contribution in [1.82, 2.24) is 0 Å². The second-order valence-corrected chi connectivity index (χ2v) is 11.0. The molecule has 0 heteroatoms. The normalized spacial score (nSPS) is 12.3. The van der Waals surface area contributed by atoms with E-state index >= 15 is 0 Å². The molecule has 0 saturated carbocycles.